The average Bonchev–Trinajstić information content (AvgIpc) is 2.97. The number of hydrogen-bond acceptors (Lipinski definition) is 7. The maximum Gasteiger partial charge on any atom is 0.340 e. The third-order valence-electron chi connectivity index (χ3n) is 4.92. The zero-order valence-electron chi connectivity index (χ0n) is 17.3. The molecule has 1 heterocycles. The number of esters is 1. The zero-order valence-corrected chi connectivity index (χ0v) is 17.3. The molecule has 2 aromatic rings. The zero-order chi connectivity index (χ0) is 22.2. The van der Waals surface area contributed by atoms with Gasteiger partial charge in [0.1, 0.15) is 5.69 Å². The normalized spacial score (nSPS) is 14.4. The summed E-state index contributed by atoms with van der Waals surface area (Å²) in [5.74, 6) is -1.12. The first-order valence-electron chi connectivity index (χ1n) is 9.22. The smallest absolute Gasteiger partial charge is 0.340 e. The third-order valence-corrected chi connectivity index (χ3v) is 4.92. The number of aromatic nitrogens is 1. The molecule has 1 aliphatic rings. The first-order chi connectivity index (χ1) is 14.2. The van der Waals surface area contributed by atoms with Crippen LogP contribution in [0.2, 0.25) is 0 Å². The highest BCUT2D eigenvalue weighted by Crippen LogP contribution is 2.34. The molecule has 156 valence electrons. The number of aliphatic imine (C=N–C) groups is 1. The van der Waals surface area contributed by atoms with Crippen LogP contribution in [0.15, 0.2) is 35.0 Å². The van der Waals surface area contributed by atoms with Crippen LogP contribution in [0.1, 0.15) is 44.6 Å². The van der Waals surface area contributed by atoms with Gasteiger partial charge < -0.3 is 14.0 Å². The summed E-state index contributed by atoms with van der Waals surface area (Å²) in [6.45, 7) is 5.26. The molecule has 3 rings (SSSR count). The fourth-order valence-corrected chi connectivity index (χ4v) is 3.40. The summed E-state index contributed by atoms with van der Waals surface area (Å²) in [4.78, 5) is 41.0. The summed E-state index contributed by atoms with van der Waals surface area (Å²) in [5.41, 5.74) is 2.09. The minimum atomic E-state index is -0.627. The van der Waals surface area contributed by atoms with E-state index in [1.54, 1.807) is 44.5 Å². The van der Waals surface area contributed by atoms with Gasteiger partial charge in [-0.1, -0.05) is 6.07 Å². The van der Waals surface area contributed by atoms with Crippen molar-refractivity contribution in [3.63, 3.8) is 0 Å². The fraction of sp³-hybridized carbons (Fsp3) is 0.286. The maximum atomic E-state index is 13.0. The summed E-state index contributed by atoms with van der Waals surface area (Å²) in [6.07, 6.45) is 1.42. The molecule has 0 amide bonds. The first kappa shape index (κ1) is 21.0. The van der Waals surface area contributed by atoms with E-state index in [1.165, 1.54) is 19.3 Å². The molecule has 0 fully saturated rings. The second-order valence-electron chi connectivity index (χ2n) is 6.75. The Hall–Kier alpha value is -3.75. The van der Waals surface area contributed by atoms with Crippen molar-refractivity contribution < 1.29 is 24.0 Å². The first-order valence-corrected chi connectivity index (χ1v) is 9.22. The van der Waals surface area contributed by atoms with Crippen LogP contribution < -0.4 is 0 Å². The standard InChI is InChI=1S/C21H21N3O6/c1-6-30-21(26)17-12(3)23(4)19-14(10-16(29-5)20(25)18(17)19)22-13-8-7-11(2)9-15(13)24(27)28/h7-10H,6H2,1-5H3. The monoisotopic (exact) mass is 411 g/mol. The SMILES string of the molecule is CCOC(=O)c1c2c(n(C)c1C)C(=Nc1ccc(C)cc1[N+](=O)[O-])C=C(OC)C2=O. The Morgan fingerprint density at radius 1 is 1.30 bits per heavy atom. The Bertz CT molecular complexity index is 1140. The number of rotatable bonds is 5. The maximum absolute atomic E-state index is 13.0. The lowest BCUT2D eigenvalue weighted by molar-refractivity contribution is -0.384. The van der Waals surface area contributed by atoms with Crippen molar-refractivity contribution in [2.45, 2.75) is 20.8 Å². The van der Waals surface area contributed by atoms with Gasteiger partial charge in [0.25, 0.3) is 5.69 Å². The van der Waals surface area contributed by atoms with Crippen molar-refractivity contribution in [1.82, 2.24) is 4.57 Å². The molecule has 0 unspecified atom stereocenters. The number of fused-ring (bicyclic) bond motifs is 1. The Balaban J connectivity index is 2.32. The Morgan fingerprint density at radius 3 is 2.60 bits per heavy atom. The number of hydrogen-bond donors (Lipinski definition) is 0. The molecule has 0 spiro atoms. The van der Waals surface area contributed by atoms with Gasteiger partial charge >= 0.3 is 5.97 Å². The van der Waals surface area contributed by atoms with E-state index in [0.29, 0.717) is 11.4 Å². The predicted octanol–water partition coefficient (Wildman–Crippen LogP) is 3.57. The summed E-state index contributed by atoms with van der Waals surface area (Å²) >= 11 is 0. The minimum Gasteiger partial charge on any atom is -0.493 e. The molecule has 0 N–H and O–H groups in total. The van der Waals surface area contributed by atoms with E-state index >= 15 is 0 Å². The summed E-state index contributed by atoms with van der Waals surface area (Å²) < 4.78 is 12.0. The highest BCUT2D eigenvalue weighted by atomic mass is 16.6. The van der Waals surface area contributed by atoms with Gasteiger partial charge in [-0.05, 0) is 32.4 Å². The number of nitro groups is 1. The van der Waals surface area contributed by atoms with Gasteiger partial charge in [-0.3, -0.25) is 14.9 Å². The Labute approximate surface area is 172 Å². The van der Waals surface area contributed by atoms with Gasteiger partial charge in [-0.15, -0.1) is 0 Å². The molecule has 0 aliphatic heterocycles. The largest absolute Gasteiger partial charge is 0.493 e. The molecule has 1 aliphatic carbocycles. The Kier molecular flexibility index (Phi) is 5.55. The van der Waals surface area contributed by atoms with Gasteiger partial charge in [0.2, 0.25) is 5.78 Å². The number of nitro benzene ring substituents is 1. The van der Waals surface area contributed by atoms with Crippen molar-refractivity contribution in [1.29, 1.82) is 0 Å². The summed E-state index contributed by atoms with van der Waals surface area (Å²) in [5, 5.41) is 11.5. The number of methoxy groups -OCH3 is 1. The highest BCUT2D eigenvalue weighted by molar-refractivity contribution is 6.28. The van der Waals surface area contributed by atoms with Gasteiger partial charge in [-0.2, -0.15) is 0 Å². The van der Waals surface area contributed by atoms with Crippen molar-refractivity contribution in [3.05, 3.63) is 68.2 Å². The minimum absolute atomic E-state index is 0.0211. The lowest BCUT2D eigenvalue weighted by Crippen LogP contribution is -2.21. The van der Waals surface area contributed by atoms with Gasteiger partial charge in [0, 0.05) is 24.9 Å². The van der Waals surface area contributed by atoms with Gasteiger partial charge in [0.15, 0.2) is 5.76 Å². The van der Waals surface area contributed by atoms with E-state index in [4.69, 9.17) is 9.47 Å². The Morgan fingerprint density at radius 2 is 2.00 bits per heavy atom. The van der Waals surface area contributed by atoms with E-state index < -0.39 is 16.7 Å². The summed E-state index contributed by atoms with van der Waals surface area (Å²) in [6, 6.07) is 4.68. The number of carbonyl (C=O) groups is 2. The number of Topliss-reactive ketones (excluding diaryl/α,β-unsaturated/α-hetero) is 1. The van der Waals surface area contributed by atoms with Crippen LogP contribution in [-0.4, -0.2) is 40.7 Å². The number of nitrogens with zero attached hydrogens (tertiary/aromatic N) is 3. The molecule has 1 aromatic carbocycles. The van der Waals surface area contributed by atoms with Crippen LogP contribution in [-0.2, 0) is 16.5 Å². The summed E-state index contributed by atoms with van der Waals surface area (Å²) in [7, 11) is 3.02. The topological polar surface area (TPSA) is 113 Å². The molecular weight excluding hydrogens is 390 g/mol. The van der Waals surface area contributed by atoms with Crippen LogP contribution in [0.5, 0.6) is 0 Å². The predicted molar refractivity (Wildman–Crippen MR) is 110 cm³/mol. The third kappa shape index (κ3) is 3.38. The number of ketones is 1. The molecular formula is C21H21N3O6. The van der Waals surface area contributed by atoms with Crippen molar-refractivity contribution in [2.24, 2.45) is 12.0 Å². The van der Waals surface area contributed by atoms with E-state index in [1.807, 2.05) is 0 Å². The average molecular weight is 411 g/mol. The van der Waals surface area contributed by atoms with Gasteiger partial charge in [0.05, 0.1) is 41.2 Å². The van der Waals surface area contributed by atoms with Crippen LogP contribution in [0.3, 0.4) is 0 Å². The van der Waals surface area contributed by atoms with E-state index in [-0.39, 0.29) is 40.6 Å². The molecule has 0 radical (unpaired) electrons. The van der Waals surface area contributed by atoms with E-state index in [2.05, 4.69) is 4.99 Å². The lowest BCUT2D eigenvalue weighted by Gasteiger charge is -2.16. The lowest BCUT2D eigenvalue weighted by atomic mass is 9.95. The molecule has 0 atom stereocenters. The molecule has 9 nitrogen and oxygen atoms in total. The number of allylic oxidation sites excluding steroid dienone is 2. The molecule has 0 saturated heterocycles. The van der Waals surface area contributed by atoms with E-state index in [9.17, 15) is 19.7 Å². The molecule has 1 aromatic heterocycles. The van der Waals surface area contributed by atoms with Crippen molar-refractivity contribution >= 4 is 28.8 Å². The van der Waals surface area contributed by atoms with Gasteiger partial charge in [-0.25, -0.2) is 9.79 Å². The molecule has 0 saturated carbocycles. The number of benzene rings is 1. The highest BCUT2D eigenvalue weighted by Gasteiger charge is 2.36. The molecule has 30 heavy (non-hydrogen) atoms. The quantitative estimate of drug-likeness (QED) is 0.422. The van der Waals surface area contributed by atoms with Crippen LogP contribution >= 0.6 is 0 Å². The number of aryl methyl sites for hydroxylation is 1. The van der Waals surface area contributed by atoms with Crippen molar-refractivity contribution in [2.75, 3.05) is 13.7 Å². The van der Waals surface area contributed by atoms with Crippen LogP contribution in [0.25, 0.3) is 0 Å². The molecule has 0 bridgehead atoms. The van der Waals surface area contributed by atoms with Crippen molar-refractivity contribution in [3.8, 4) is 0 Å². The molecule has 9 heteroatoms. The number of ether oxygens (including phenoxy) is 2. The fourth-order valence-electron chi connectivity index (χ4n) is 3.40. The van der Waals surface area contributed by atoms with Crippen LogP contribution in [0.4, 0.5) is 11.4 Å². The van der Waals surface area contributed by atoms with E-state index in [0.717, 1.165) is 5.56 Å². The second-order valence-corrected chi connectivity index (χ2v) is 6.75. The number of carbonyl (C=O) groups excluding carboxylic acids is 2. The van der Waals surface area contributed by atoms with Crippen LogP contribution in [0, 0.1) is 24.0 Å². The second kappa shape index (κ2) is 7.94.